The summed E-state index contributed by atoms with van der Waals surface area (Å²) in [6.07, 6.45) is 3.58. The highest BCUT2D eigenvalue weighted by Crippen LogP contribution is 2.40. The highest BCUT2D eigenvalue weighted by molar-refractivity contribution is 6.35. The van der Waals surface area contributed by atoms with E-state index in [1.54, 1.807) is 0 Å². The Morgan fingerprint density at radius 1 is 1.47 bits per heavy atom. The summed E-state index contributed by atoms with van der Waals surface area (Å²) in [6, 6.07) is 6.17. The third-order valence-corrected chi connectivity index (χ3v) is 4.29. The highest BCUT2D eigenvalue weighted by Gasteiger charge is 2.26. The van der Waals surface area contributed by atoms with Gasteiger partial charge in [-0.1, -0.05) is 23.7 Å². The van der Waals surface area contributed by atoms with Crippen LogP contribution >= 0.6 is 11.6 Å². The lowest BCUT2D eigenvalue weighted by Gasteiger charge is -2.22. The average Bonchev–Trinajstić information content (AvgIpc) is 2.65. The molecule has 2 aromatic rings. The van der Waals surface area contributed by atoms with Gasteiger partial charge in [0.2, 0.25) is 0 Å². The van der Waals surface area contributed by atoms with Gasteiger partial charge in [0.15, 0.2) is 0 Å². The molecule has 0 bridgehead atoms. The third-order valence-electron chi connectivity index (χ3n) is 3.99. The van der Waals surface area contributed by atoms with Gasteiger partial charge in [0, 0.05) is 18.1 Å². The van der Waals surface area contributed by atoms with Crippen molar-refractivity contribution in [2.75, 3.05) is 6.54 Å². The maximum absolute atomic E-state index is 6.32. The smallest absolute Gasteiger partial charge is 0.0672 e. The van der Waals surface area contributed by atoms with E-state index in [9.17, 15) is 0 Å². The molecule has 1 atom stereocenters. The molecule has 0 saturated heterocycles. The van der Waals surface area contributed by atoms with Crippen LogP contribution in [-0.4, -0.2) is 11.1 Å². The Balaban J connectivity index is 2.38. The van der Waals surface area contributed by atoms with Gasteiger partial charge in [-0.2, -0.15) is 0 Å². The molecule has 2 N–H and O–H groups in total. The minimum atomic E-state index is 0.501. The molecule has 0 amide bonds. The second kappa shape index (κ2) is 4.04. The first-order valence-corrected chi connectivity index (χ1v) is 6.57. The summed E-state index contributed by atoms with van der Waals surface area (Å²) < 4.78 is 2.26. The predicted molar refractivity (Wildman–Crippen MR) is 72.7 cm³/mol. The normalized spacial score (nSPS) is 19.6. The van der Waals surface area contributed by atoms with Gasteiger partial charge in [0.05, 0.1) is 10.5 Å². The zero-order chi connectivity index (χ0) is 12.0. The number of halogens is 1. The Bertz CT molecular complexity index is 571. The van der Waals surface area contributed by atoms with Gasteiger partial charge in [-0.15, -0.1) is 0 Å². The maximum Gasteiger partial charge on any atom is 0.0672 e. The second-order valence-corrected chi connectivity index (χ2v) is 5.29. The summed E-state index contributed by atoms with van der Waals surface area (Å²) in [7, 11) is 2.12. The van der Waals surface area contributed by atoms with Crippen LogP contribution in [0.15, 0.2) is 18.2 Å². The van der Waals surface area contributed by atoms with Crippen LogP contribution in [0.25, 0.3) is 10.9 Å². The Kier molecular flexibility index (Phi) is 2.64. The molecule has 2 nitrogen and oxygen atoms in total. The Labute approximate surface area is 106 Å². The molecule has 1 aromatic heterocycles. The van der Waals surface area contributed by atoms with Crippen LogP contribution in [0.2, 0.25) is 5.02 Å². The number of aryl methyl sites for hydroxylation is 1. The summed E-state index contributed by atoms with van der Waals surface area (Å²) in [6.45, 7) is 0.735. The monoisotopic (exact) mass is 248 g/mol. The number of fused-ring (bicyclic) bond motifs is 3. The lowest BCUT2D eigenvalue weighted by Crippen LogP contribution is -2.18. The van der Waals surface area contributed by atoms with E-state index in [4.69, 9.17) is 17.3 Å². The topological polar surface area (TPSA) is 30.9 Å². The third kappa shape index (κ3) is 1.51. The lowest BCUT2D eigenvalue weighted by atomic mass is 9.85. The quantitative estimate of drug-likeness (QED) is 0.826. The average molecular weight is 249 g/mol. The van der Waals surface area contributed by atoms with E-state index in [1.807, 2.05) is 12.1 Å². The standard InChI is InChI=1S/C14H17ClN2/c1-17-12-7-2-4-9(8-16)13(12)10-5-3-6-11(15)14(10)17/h3,5-6,9H,2,4,7-8,16H2,1H3. The molecule has 1 aromatic carbocycles. The van der Waals surface area contributed by atoms with E-state index >= 15 is 0 Å². The van der Waals surface area contributed by atoms with Gasteiger partial charge in [0.1, 0.15) is 0 Å². The van der Waals surface area contributed by atoms with Crippen LogP contribution in [0.1, 0.15) is 30.0 Å². The molecular weight excluding hydrogens is 232 g/mol. The molecule has 0 radical (unpaired) electrons. The molecule has 1 aliphatic carbocycles. The first-order chi connectivity index (χ1) is 8.24. The minimum absolute atomic E-state index is 0.501. The molecule has 0 spiro atoms. The lowest BCUT2D eigenvalue weighted by molar-refractivity contribution is 0.549. The van der Waals surface area contributed by atoms with Gasteiger partial charge in [-0.3, -0.25) is 0 Å². The molecule has 0 fully saturated rings. The van der Waals surface area contributed by atoms with Crippen LogP contribution in [0, 0.1) is 0 Å². The minimum Gasteiger partial charge on any atom is -0.346 e. The summed E-state index contributed by atoms with van der Waals surface area (Å²) in [5.41, 5.74) is 9.95. The van der Waals surface area contributed by atoms with E-state index in [-0.39, 0.29) is 0 Å². The molecule has 0 saturated carbocycles. The summed E-state index contributed by atoms with van der Waals surface area (Å²) >= 11 is 6.32. The first kappa shape index (κ1) is 11.1. The van der Waals surface area contributed by atoms with Crippen molar-refractivity contribution in [1.29, 1.82) is 0 Å². The molecule has 1 unspecified atom stereocenters. The van der Waals surface area contributed by atoms with Crippen molar-refractivity contribution in [3.05, 3.63) is 34.5 Å². The van der Waals surface area contributed by atoms with Crippen LogP contribution in [-0.2, 0) is 13.5 Å². The summed E-state index contributed by atoms with van der Waals surface area (Å²) in [5.74, 6) is 0.501. The molecule has 3 heteroatoms. The largest absolute Gasteiger partial charge is 0.346 e. The molecule has 1 heterocycles. The Hall–Kier alpha value is -0.990. The summed E-state index contributed by atoms with van der Waals surface area (Å²) in [5, 5.41) is 2.14. The zero-order valence-electron chi connectivity index (χ0n) is 10.0. The van der Waals surface area contributed by atoms with E-state index in [0.717, 1.165) is 18.0 Å². The van der Waals surface area contributed by atoms with Gasteiger partial charge in [0.25, 0.3) is 0 Å². The summed E-state index contributed by atoms with van der Waals surface area (Å²) in [4.78, 5) is 0. The zero-order valence-corrected chi connectivity index (χ0v) is 10.8. The van der Waals surface area contributed by atoms with Crippen molar-refractivity contribution in [1.82, 2.24) is 4.57 Å². The van der Waals surface area contributed by atoms with Gasteiger partial charge in [-0.25, -0.2) is 0 Å². The van der Waals surface area contributed by atoms with E-state index in [1.165, 1.54) is 35.0 Å². The van der Waals surface area contributed by atoms with Crippen LogP contribution in [0.5, 0.6) is 0 Å². The fraction of sp³-hybridized carbons (Fsp3) is 0.429. The molecule has 0 aliphatic heterocycles. The maximum atomic E-state index is 6.32. The fourth-order valence-electron chi connectivity index (χ4n) is 3.20. The number of nitrogens with two attached hydrogens (primary N) is 1. The van der Waals surface area contributed by atoms with Gasteiger partial charge >= 0.3 is 0 Å². The van der Waals surface area contributed by atoms with Crippen LogP contribution in [0.4, 0.5) is 0 Å². The van der Waals surface area contributed by atoms with Gasteiger partial charge in [-0.05, 0) is 43.4 Å². The molecule has 1 aliphatic rings. The SMILES string of the molecule is Cn1c2c(c3cccc(Cl)c31)C(CN)CCC2. The van der Waals surface area contributed by atoms with Crippen molar-refractivity contribution < 1.29 is 0 Å². The number of aromatic nitrogens is 1. The van der Waals surface area contributed by atoms with E-state index < -0.39 is 0 Å². The number of hydrogen-bond donors (Lipinski definition) is 1. The van der Waals surface area contributed by atoms with Crippen LogP contribution < -0.4 is 5.73 Å². The van der Waals surface area contributed by atoms with Crippen molar-refractivity contribution in [2.45, 2.75) is 25.2 Å². The van der Waals surface area contributed by atoms with Crippen molar-refractivity contribution >= 4 is 22.5 Å². The van der Waals surface area contributed by atoms with E-state index in [2.05, 4.69) is 17.7 Å². The predicted octanol–water partition coefficient (Wildman–Crippen LogP) is 3.21. The Morgan fingerprint density at radius 2 is 2.29 bits per heavy atom. The Morgan fingerprint density at radius 3 is 3.06 bits per heavy atom. The van der Waals surface area contributed by atoms with E-state index in [0.29, 0.717) is 5.92 Å². The second-order valence-electron chi connectivity index (χ2n) is 4.88. The number of hydrogen-bond acceptors (Lipinski definition) is 1. The number of rotatable bonds is 1. The van der Waals surface area contributed by atoms with Crippen LogP contribution in [0.3, 0.4) is 0 Å². The number of benzene rings is 1. The first-order valence-electron chi connectivity index (χ1n) is 6.19. The molecule has 90 valence electrons. The van der Waals surface area contributed by atoms with Crippen molar-refractivity contribution in [3.63, 3.8) is 0 Å². The highest BCUT2D eigenvalue weighted by atomic mass is 35.5. The van der Waals surface area contributed by atoms with Crippen molar-refractivity contribution in [2.24, 2.45) is 12.8 Å². The molecule has 17 heavy (non-hydrogen) atoms. The number of nitrogens with zero attached hydrogens (tertiary/aromatic N) is 1. The molecular formula is C14H17ClN2. The number of para-hydroxylation sites is 1. The van der Waals surface area contributed by atoms with Crippen molar-refractivity contribution in [3.8, 4) is 0 Å². The fourth-order valence-corrected chi connectivity index (χ4v) is 3.50. The molecule has 3 rings (SSSR count). The van der Waals surface area contributed by atoms with Gasteiger partial charge < -0.3 is 10.3 Å².